The molecule has 0 atom stereocenters. The molecule has 2 heterocycles. The van der Waals surface area contributed by atoms with Crippen LogP contribution >= 0.6 is 23.2 Å². The second-order valence-corrected chi connectivity index (χ2v) is 6.90. The second-order valence-electron chi connectivity index (χ2n) is 6.30. The zero-order valence-electron chi connectivity index (χ0n) is 15.3. The summed E-state index contributed by atoms with van der Waals surface area (Å²) in [5.74, 6) is -5.77. The van der Waals surface area contributed by atoms with Crippen LogP contribution in [0.15, 0.2) is 30.6 Å². The van der Waals surface area contributed by atoms with Crippen LogP contribution < -0.4 is 4.90 Å². The van der Waals surface area contributed by atoms with Crippen molar-refractivity contribution in [1.29, 1.82) is 5.26 Å². The van der Waals surface area contributed by atoms with Crippen LogP contribution in [0, 0.1) is 28.8 Å². The van der Waals surface area contributed by atoms with Crippen LogP contribution in [0.4, 0.5) is 19.0 Å². The lowest BCUT2D eigenvalue weighted by molar-refractivity contribution is -0.116. The Morgan fingerprint density at radius 3 is 2.55 bits per heavy atom. The molecule has 2 aromatic carbocycles. The molecule has 0 saturated carbocycles. The standard InChI is InChI=1S/C19H9Cl2F3N6O/c20-5-13(31)29(17-16(24)18-28-26-8-30(18)19(21)27-17)7-12-11(6-25)9-3-1-2-4-10(9)14(22)15(12)23/h1-4,8H,5,7H2. The molecule has 0 saturated heterocycles. The van der Waals surface area contributed by atoms with Crippen molar-refractivity contribution in [2.24, 2.45) is 0 Å². The summed E-state index contributed by atoms with van der Waals surface area (Å²) in [6, 6.07) is 7.62. The lowest BCUT2D eigenvalue weighted by Gasteiger charge is -2.23. The van der Waals surface area contributed by atoms with Gasteiger partial charge in [-0.2, -0.15) is 14.6 Å². The van der Waals surface area contributed by atoms with Crippen LogP contribution in [0.25, 0.3) is 16.4 Å². The van der Waals surface area contributed by atoms with Gasteiger partial charge in [-0.25, -0.2) is 8.78 Å². The Hall–Kier alpha value is -3.42. The predicted molar refractivity (Wildman–Crippen MR) is 106 cm³/mol. The number of fused-ring (bicyclic) bond motifs is 2. The number of carbonyl (C=O) groups excluding carboxylic acids is 1. The first-order valence-electron chi connectivity index (χ1n) is 8.58. The molecule has 4 rings (SSSR count). The molecule has 12 heteroatoms. The third-order valence-electron chi connectivity index (χ3n) is 4.63. The monoisotopic (exact) mass is 464 g/mol. The largest absolute Gasteiger partial charge is 0.288 e. The van der Waals surface area contributed by atoms with E-state index < -0.39 is 47.2 Å². The fourth-order valence-electron chi connectivity index (χ4n) is 3.19. The summed E-state index contributed by atoms with van der Waals surface area (Å²) < 4.78 is 45.7. The number of anilines is 1. The maximum atomic E-state index is 15.0. The van der Waals surface area contributed by atoms with Crippen molar-refractivity contribution in [3.8, 4) is 6.07 Å². The number of nitrogens with zero attached hydrogens (tertiary/aromatic N) is 6. The molecule has 1 amide bonds. The molecule has 0 bridgehead atoms. The molecule has 0 radical (unpaired) electrons. The smallest absolute Gasteiger partial charge is 0.243 e. The summed E-state index contributed by atoms with van der Waals surface area (Å²) in [5, 5.41) is 16.5. The van der Waals surface area contributed by atoms with Gasteiger partial charge in [-0.1, -0.05) is 24.3 Å². The van der Waals surface area contributed by atoms with Gasteiger partial charge in [0.25, 0.3) is 0 Å². The Kier molecular flexibility index (Phi) is 5.39. The fraction of sp³-hybridized carbons (Fsp3) is 0.105. The van der Waals surface area contributed by atoms with Gasteiger partial charge in [0.2, 0.25) is 22.7 Å². The summed E-state index contributed by atoms with van der Waals surface area (Å²) in [6.45, 7) is -0.730. The van der Waals surface area contributed by atoms with Gasteiger partial charge in [0.15, 0.2) is 17.5 Å². The van der Waals surface area contributed by atoms with Crippen LogP contribution in [0.2, 0.25) is 5.28 Å². The van der Waals surface area contributed by atoms with Gasteiger partial charge in [0.05, 0.1) is 12.1 Å². The van der Waals surface area contributed by atoms with E-state index in [-0.39, 0.29) is 27.3 Å². The first-order chi connectivity index (χ1) is 14.9. The Labute approximate surface area is 182 Å². The van der Waals surface area contributed by atoms with Crippen molar-refractivity contribution in [2.75, 3.05) is 10.8 Å². The van der Waals surface area contributed by atoms with E-state index in [9.17, 15) is 18.8 Å². The highest BCUT2D eigenvalue weighted by molar-refractivity contribution is 6.30. The SMILES string of the molecule is N#Cc1c(CN(C(=O)CCl)c2nc(Cl)n3cnnc3c2F)c(F)c(F)c2ccccc12. The number of hydrogen-bond donors (Lipinski definition) is 0. The Morgan fingerprint density at radius 1 is 1.16 bits per heavy atom. The first kappa shape index (κ1) is 20.8. The number of nitriles is 1. The summed E-state index contributed by atoms with van der Waals surface area (Å²) in [4.78, 5) is 17.0. The zero-order chi connectivity index (χ0) is 22.3. The van der Waals surface area contributed by atoms with Crippen molar-refractivity contribution in [1.82, 2.24) is 19.6 Å². The molecular formula is C19H9Cl2F3N6O. The molecule has 156 valence electrons. The number of alkyl halides is 1. The quantitative estimate of drug-likeness (QED) is 0.336. The van der Waals surface area contributed by atoms with Crippen LogP contribution in [-0.2, 0) is 11.3 Å². The van der Waals surface area contributed by atoms with E-state index in [4.69, 9.17) is 23.2 Å². The highest BCUT2D eigenvalue weighted by Gasteiger charge is 2.28. The van der Waals surface area contributed by atoms with E-state index >= 15 is 4.39 Å². The molecule has 0 fully saturated rings. The van der Waals surface area contributed by atoms with Crippen molar-refractivity contribution in [3.05, 3.63) is 64.5 Å². The third kappa shape index (κ3) is 3.32. The molecule has 0 aliphatic heterocycles. The first-order valence-corrected chi connectivity index (χ1v) is 9.50. The average molecular weight is 465 g/mol. The number of halogens is 5. The summed E-state index contributed by atoms with van der Waals surface area (Å²) >= 11 is 11.7. The maximum Gasteiger partial charge on any atom is 0.243 e. The minimum atomic E-state index is -1.35. The van der Waals surface area contributed by atoms with Gasteiger partial charge >= 0.3 is 0 Å². The number of amides is 1. The van der Waals surface area contributed by atoms with E-state index in [1.54, 1.807) is 6.07 Å². The molecule has 0 spiro atoms. The minimum absolute atomic E-state index is 0.104. The van der Waals surface area contributed by atoms with Gasteiger partial charge < -0.3 is 0 Å². The summed E-state index contributed by atoms with van der Waals surface area (Å²) in [7, 11) is 0. The van der Waals surface area contributed by atoms with Gasteiger partial charge in [-0.05, 0) is 11.6 Å². The second kappa shape index (κ2) is 8.02. The van der Waals surface area contributed by atoms with Crippen molar-refractivity contribution >= 4 is 51.3 Å². The number of rotatable bonds is 4. The topological polar surface area (TPSA) is 87.2 Å². The van der Waals surface area contributed by atoms with Crippen LogP contribution in [0.3, 0.4) is 0 Å². The highest BCUT2D eigenvalue weighted by Crippen LogP contribution is 2.31. The summed E-state index contributed by atoms with van der Waals surface area (Å²) in [6.07, 6.45) is 1.11. The number of benzene rings is 2. The van der Waals surface area contributed by atoms with E-state index in [0.29, 0.717) is 4.90 Å². The van der Waals surface area contributed by atoms with E-state index in [2.05, 4.69) is 15.2 Å². The van der Waals surface area contributed by atoms with Crippen LogP contribution in [0.1, 0.15) is 11.1 Å². The number of carbonyl (C=O) groups is 1. The van der Waals surface area contributed by atoms with Gasteiger partial charge in [-0.15, -0.1) is 21.8 Å². The molecule has 0 N–H and O–H groups in total. The molecule has 2 aromatic heterocycles. The average Bonchev–Trinajstić information content (AvgIpc) is 3.28. The Bertz CT molecular complexity index is 1400. The van der Waals surface area contributed by atoms with E-state index in [0.717, 1.165) is 10.7 Å². The molecule has 7 nitrogen and oxygen atoms in total. The third-order valence-corrected chi connectivity index (χ3v) is 5.12. The maximum absolute atomic E-state index is 15.0. The lowest BCUT2D eigenvalue weighted by Crippen LogP contribution is -2.34. The van der Waals surface area contributed by atoms with Crippen molar-refractivity contribution in [3.63, 3.8) is 0 Å². The van der Waals surface area contributed by atoms with Gasteiger partial charge in [-0.3, -0.25) is 14.1 Å². The molecule has 4 aromatic rings. The Balaban J connectivity index is 1.95. The van der Waals surface area contributed by atoms with Crippen molar-refractivity contribution < 1.29 is 18.0 Å². The molecule has 0 aliphatic rings. The highest BCUT2D eigenvalue weighted by atomic mass is 35.5. The van der Waals surface area contributed by atoms with Crippen molar-refractivity contribution in [2.45, 2.75) is 6.54 Å². The van der Waals surface area contributed by atoms with E-state index in [1.807, 2.05) is 6.07 Å². The fourth-order valence-corrected chi connectivity index (χ4v) is 3.54. The molecule has 0 aliphatic carbocycles. The summed E-state index contributed by atoms with van der Waals surface area (Å²) in [5.41, 5.74) is -1.01. The normalized spacial score (nSPS) is 11.1. The molecular weight excluding hydrogens is 456 g/mol. The van der Waals surface area contributed by atoms with Gasteiger partial charge in [0, 0.05) is 16.3 Å². The van der Waals surface area contributed by atoms with Gasteiger partial charge in [0.1, 0.15) is 18.3 Å². The lowest BCUT2D eigenvalue weighted by atomic mass is 9.98. The zero-order valence-corrected chi connectivity index (χ0v) is 16.8. The Morgan fingerprint density at radius 2 is 1.87 bits per heavy atom. The van der Waals surface area contributed by atoms with Crippen LogP contribution in [0.5, 0.6) is 0 Å². The minimum Gasteiger partial charge on any atom is -0.288 e. The number of hydrogen-bond acceptors (Lipinski definition) is 5. The van der Waals surface area contributed by atoms with Crippen LogP contribution in [-0.4, -0.2) is 31.4 Å². The predicted octanol–water partition coefficient (Wildman–Crippen LogP) is 3.99. The molecule has 31 heavy (non-hydrogen) atoms. The van der Waals surface area contributed by atoms with E-state index in [1.165, 1.54) is 18.2 Å². The molecule has 0 unspecified atom stereocenters. The number of aromatic nitrogens is 4.